The van der Waals surface area contributed by atoms with Crippen LogP contribution in [0.3, 0.4) is 0 Å². The Morgan fingerprint density at radius 2 is 1.82 bits per heavy atom. The van der Waals surface area contributed by atoms with Crippen molar-refractivity contribution in [2.45, 2.75) is 18.2 Å². The van der Waals surface area contributed by atoms with E-state index in [1.807, 2.05) is 0 Å². The zero-order chi connectivity index (χ0) is 24.1. The molecule has 2 aromatic heterocycles. The molecule has 0 bridgehead atoms. The monoisotopic (exact) mass is 478 g/mol. The molecular formula is C23H22N6O4S. The molecule has 0 aliphatic carbocycles. The number of amides is 1. The summed E-state index contributed by atoms with van der Waals surface area (Å²) in [5, 5.41) is 6.62. The number of pyridine rings is 1. The number of sulfonamides is 1. The average Bonchev–Trinajstić information content (AvgIpc) is 2.85. The smallest absolute Gasteiger partial charge is 0.263 e. The van der Waals surface area contributed by atoms with Gasteiger partial charge in [0.05, 0.1) is 35.1 Å². The van der Waals surface area contributed by atoms with Crippen LogP contribution in [0.2, 0.25) is 0 Å². The highest BCUT2D eigenvalue weighted by atomic mass is 32.2. The molecule has 4 aromatic rings. The van der Waals surface area contributed by atoms with E-state index in [9.17, 15) is 13.2 Å². The Bertz CT molecular complexity index is 1430. The maximum Gasteiger partial charge on any atom is 0.263 e. The number of nitrogens with one attached hydrogen (secondary N) is 3. The van der Waals surface area contributed by atoms with Gasteiger partial charge in [0.25, 0.3) is 10.0 Å². The van der Waals surface area contributed by atoms with Crippen molar-refractivity contribution in [3.8, 4) is 5.75 Å². The normalized spacial score (nSPS) is 11.1. The third kappa shape index (κ3) is 5.04. The molecule has 0 saturated carbocycles. The van der Waals surface area contributed by atoms with E-state index in [0.717, 1.165) is 0 Å². The molecule has 2 aromatic carbocycles. The number of anilines is 4. The summed E-state index contributed by atoms with van der Waals surface area (Å²) < 4.78 is 32.8. The molecule has 4 rings (SSSR count). The first-order chi connectivity index (χ1) is 16.4. The maximum atomic E-state index is 12.5. The van der Waals surface area contributed by atoms with Crippen molar-refractivity contribution >= 4 is 49.8 Å². The minimum atomic E-state index is -3.74. The van der Waals surface area contributed by atoms with Crippen LogP contribution in [0.5, 0.6) is 5.75 Å². The molecule has 10 nitrogen and oxygen atoms in total. The fourth-order valence-electron chi connectivity index (χ4n) is 3.15. The van der Waals surface area contributed by atoms with Gasteiger partial charge in [0.2, 0.25) is 5.91 Å². The van der Waals surface area contributed by atoms with Gasteiger partial charge in [-0.3, -0.25) is 9.52 Å². The van der Waals surface area contributed by atoms with Crippen LogP contribution in [-0.4, -0.2) is 36.4 Å². The Morgan fingerprint density at radius 1 is 1.03 bits per heavy atom. The predicted octanol–water partition coefficient (Wildman–Crippen LogP) is 3.93. The minimum absolute atomic E-state index is 0.146. The third-order valence-corrected chi connectivity index (χ3v) is 6.24. The molecule has 0 atom stereocenters. The lowest BCUT2D eigenvalue weighted by Gasteiger charge is -2.13. The van der Waals surface area contributed by atoms with Gasteiger partial charge >= 0.3 is 0 Å². The number of aromatic nitrogens is 3. The second-order valence-corrected chi connectivity index (χ2v) is 8.85. The lowest BCUT2D eigenvalue weighted by atomic mass is 10.2. The van der Waals surface area contributed by atoms with E-state index in [2.05, 4.69) is 30.3 Å². The van der Waals surface area contributed by atoms with Gasteiger partial charge in [-0.05, 0) is 30.3 Å². The summed E-state index contributed by atoms with van der Waals surface area (Å²) in [5.74, 6) is 0.993. The van der Waals surface area contributed by atoms with Gasteiger partial charge in [-0.1, -0.05) is 25.1 Å². The molecule has 0 fully saturated rings. The van der Waals surface area contributed by atoms with Gasteiger partial charge in [-0.25, -0.2) is 23.4 Å². The summed E-state index contributed by atoms with van der Waals surface area (Å²) in [4.78, 5) is 24.8. The SMILES string of the molecule is CCC(=O)Nc1cc2c(Nc3ccc(NS(=O)(=O)c4ccccc4)nc3)ncnc2cc1OC. The van der Waals surface area contributed by atoms with Crippen LogP contribution >= 0.6 is 0 Å². The van der Waals surface area contributed by atoms with Gasteiger partial charge in [-0.2, -0.15) is 0 Å². The lowest BCUT2D eigenvalue weighted by Crippen LogP contribution is -2.13. The number of benzene rings is 2. The van der Waals surface area contributed by atoms with Crippen LogP contribution in [-0.2, 0) is 14.8 Å². The topological polar surface area (TPSA) is 135 Å². The number of carbonyl (C=O) groups excluding carboxylic acids is 1. The van der Waals surface area contributed by atoms with Crippen molar-refractivity contribution in [1.29, 1.82) is 0 Å². The van der Waals surface area contributed by atoms with Crippen LogP contribution in [0.1, 0.15) is 13.3 Å². The molecule has 0 spiro atoms. The number of nitrogens with zero attached hydrogens (tertiary/aromatic N) is 3. The third-order valence-electron chi connectivity index (χ3n) is 4.87. The zero-order valence-electron chi connectivity index (χ0n) is 18.4. The van der Waals surface area contributed by atoms with E-state index in [0.29, 0.717) is 40.3 Å². The molecule has 0 aliphatic rings. The predicted molar refractivity (Wildman–Crippen MR) is 130 cm³/mol. The number of ether oxygens (including phenoxy) is 1. The molecule has 0 aliphatic heterocycles. The van der Waals surface area contributed by atoms with Crippen molar-refractivity contribution in [2.24, 2.45) is 0 Å². The molecule has 0 saturated heterocycles. The first-order valence-corrected chi connectivity index (χ1v) is 11.8. The van der Waals surface area contributed by atoms with Gasteiger partial charge in [-0.15, -0.1) is 0 Å². The Hall–Kier alpha value is -4.25. The summed E-state index contributed by atoms with van der Waals surface area (Å²) >= 11 is 0. The van der Waals surface area contributed by atoms with E-state index >= 15 is 0 Å². The van der Waals surface area contributed by atoms with E-state index < -0.39 is 10.0 Å². The number of hydrogen-bond acceptors (Lipinski definition) is 8. The van der Waals surface area contributed by atoms with Crippen molar-refractivity contribution in [3.05, 3.63) is 67.1 Å². The number of carbonyl (C=O) groups is 1. The highest BCUT2D eigenvalue weighted by Gasteiger charge is 2.15. The molecular weight excluding hydrogens is 456 g/mol. The summed E-state index contributed by atoms with van der Waals surface area (Å²) in [6, 6.07) is 14.7. The highest BCUT2D eigenvalue weighted by Crippen LogP contribution is 2.33. The molecule has 174 valence electrons. The summed E-state index contributed by atoms with van der Waals surface area (Å²) in [5.41, 5.74) is 1.70. The van der Waals surface area contributed by atoms with Gasteiger partial charge < -0.3 is 15.4 Å². The first kappa shape index (κ1) is 22.9. The Morgan fingerprint density at radius 3 is 2.50 bits per heavy atom. The van der Waals surface area contributed by atoms with Crippen molar-refractivity contribution in [2.75, 3.05) is 22.5 Å². The molecule has 0 radical (unpaired) electrons. The van der Waals surface area contributed by atoms with Crippen molar-refractivity contribution in [3.63, 3.8) is 0 Å². The fourth-order valence-corrected chi connectivity index (χ4v) is 4.18. The Labute approximate surface area is 196 Å². The van der Waals surface area contributed by atoms with E-state index in [1.165, 1.54) is 31.8 Å². The van der Waals surface area contributed by atoms with Gasteiger partial charge in [0.1, 0.15) is 23.7 Å². The van der Waals surface area contributed by atoms with Crippen LogP contribution in [0, 0.1) is 0 Å². The van der Waals surface area contributed by atoms with Gasteiger partial charge in [0.15, 0.2) is 0 Å². The molecule has 2 heterocycles. The van der Waals surface area contributed by atoms with E-state index in [-0.39, 0.29) is 16.6 Å². The Balaban J connectivity index is 1.59. The molecule has 1 amide bonds. The second-order valence-electron chi connectivity index (χ2n) is 7.17. The number of rotatable bonds is 8. The standard InChI is InChI=1S/C23H22N6O4S/c1-3-22(30)28-19-11-17-18(12-20(19)33-2)25-14-26-23(17)27-15-9-10-21(24-13-15)29-34(31,32)16-7-5-4-6-8-16/h4-14H,3H2,1-2H3,(H,24,29)(H,28,30)(H,25,26,27). The molecule has 11 heteroatoms. The van der Waals surface area contributed by atoms with Crippen molar-refractivity contribution in [1.82, 2.24) is 15.0 Å². The maximum absolute atomic E-state index is 12.5. The summed E-state index contributed by atoms with van der Waals surface area (Å²) in [7, 11) is -2.22. The van der Waals surface area contributed by atoms with Gasteiger partial charge in [0, 0.05) is 17.9 Å². The van der Waals surface area contributed by atoms with Crippen LogP contribution in [0.25, 0.3) is 10.9 Å². The quantitative estimate of drug-likeness (QED) is 0.347. The van der Waals surface area contributed by atoms with Crippen LogP contribution in [0.15, 0.2) is 72.0 Å². The van der Waals surface area contributed by atoms with Crippen LogP contribution < -0.4 is 20.1 Å². The summed E-state index contributed by atoms with van der Waals surface area (Å²) in [6.07, 6.45) is 3.22. The molecule has 3 N–H and O–H groups in total. The van der Waals surface area contributed by atoms with E-state index in [1.54, 1.807) is 49.4 Å². The average molecular weight is 479 g/mol. The number of hydrogen-bond donors (Lipinski definition) is 3. The molecule has 0 unspecified atom stereocenters. The van der Waals surface area contributed by atoms with Crippen LogP contribution in [0.4, 0.5) is 23.0 Å². The summed E-state index contributed by atoms with van der Waals surface area (Å²) in [6.45, 7) is 1.76. The number of methoxy groups -OCH3 is 1. The van der Waals surface area contributed by atoms with Crippen molar-refractivity contribution < 1.29 is 17.9 Å². The molecule has 34 heavy (non-hydrogen) atoms. The highest BCUT2D eigenvalue weighted by molar-refractivity contribution is 7.92. The largest absolute Gasteiger partial charge is 0.494 e. The zero-order valence-corrected chi connectivity index (χ0v) is 19.3. The fraction of sp³-hybridized carbons (Fsp3) is 0.130. The second kappa shape index (κ2) is 9.71. The lowest BCUT2D eigenvalue weighted by molar-refractivity contribution is -0.115. The van der Waals surface area contributed by atoms with E-state index in [4.69, 9.17) is 4.74 Å². The first-order valence-electron chi connectivity index (χ1n) is 10.3. The Kier molecular flexibility index (Phi) is 6.55. The number of fused-ring (bicyclic) bond motifs is 1. The minimum Gasteiger partial charge on any atom is -0.494 e.